The van der Waals surface area contributed by atoms with Gasteiger partial charge < -0.3 is 20.1 Å². The van der Waals surface area contributed by atoms with E-state index in [1.54, 1.807) is 5.01 Å². The molecule has 3 aliphatic heterocycles. The maximum Gasteiger partial charge on any atom is 0.411 e. The summed E-state index contributed by atoms with van der Waals surface area (Å²) < 4.78 is 5.49. The minimum atomic E-state index is -1.06. The maximum absolute atomic E-state index is 14.7. The van der Waals surface area contributed by atoms with Crippen LogP contribution in [0.5, 0.6) is 0 Å². The molecular formula is C37H41N5O6. The van der Waals surface area contributed by atoms with Gasteiger partial charge in [-0.15, -0.1) is 0 Å². The van der Waals surface area contributed by atoms with Crippen LogP contribution in [-0.2, 0) is 25.5 Å². The van der Waals surface area contributed by atoms with E-state index in [1.165, 1.54) is 9.80 Å². The molecule has 0 spiro atoms. The van der Waals surface area contributed by atoms with E-state index >= 15 is 0 Å². The number of likely N-dealkylation sites (tertiary alicyclic amines) is 1. The molecule has 250 valence electrons. The molecule has 11 nitrogen and oxygen atoms in total. The van der Waals surface area contributed by atoms with Crippen molar-refractivity contribution in [2.45, 2.75) is 43.4 Å². The summed E-state index contributed by atoms with van der Waals surface area (Å²) in [5.74, 6) is -1.80. The summed E-state index contributed by atoms with van der Waals surface area (Å²) in [5.41, 5.74) is 2.79. The van der Waals surface area contributed by atoms with Crippen LogP contribution < -0.4 is 5.32 Å². The third-order valence-corrected chi connectivity index (χ3v) is 9.23. The lowest BCUT2D eigenvalue weighted by molar-refractivity contribution is -0.173. The van der Waals surface area contributed by atoms with Crippen LogP contribution in [0.3, 0.4) is 0 Å². The molecule has 0 aromatic heterocycles. The monoisotopic (exact) mass is 651 g/mol. The number of hydrogen-bond acceptors (Lipinski definition) is 7. The second-order valence-electron chi connectivity index (χ2n) is 12.2. The second kappa shape index (κ2) is 15.3. The Labute approximate surface area is 280 Å². The summed E-state index contributed by atoms with van der Waals surface area (Å²) in [6.07, 6.45) is 3.34. The number of piperazine rings is 1. The Kier molecular flexibility index (Phi) is 10.5. The van der Waals surface area contributed by atoms with Gasteiger partial charge in [-0.25, -0.2) is 9.80 Å². The van der Waals surface area contributed by atoms with Crippen molar-refractivity contribution >= 4 is 30.0 Å². The van der Waals surface area contributed by atoms with Crippen molar-refractivity contribution in [2.75, 3.05) is 39.3 Å². The van der Waals surface area contributed by atoms with E-state index in [0.717, 1.165) is 16.7 Å². The first-order valence-corrected chi connectivity index (χ1v) is 16.5. The SMILES string of the molecule is O=C(O)CCC(C(=O)N(CCc1ccccc1)N1CCNCC1)N1C(=O)C(N2C(=O)OC[C@@H]2c2ccccc2)C1C=Cc1ccccc1. The minimum Gasteiger partial charge on any atom is -0.481 e. The number of cyclic esters (lactones) is 1. The molecule has 0 bridgehead atoms. The number of ether oxygens (including phenoxy) is 1. The molecule has 11 heteroatoms. The molecule has 3 aromatic rings. The Hall–Kier alpha value is -5.00. The highest BCUT2D eigenvalue weighted by atomic mass is 16.6. The molecule has 2 N–H and O–H groups in total. The highest BCUT2D eigenvalue weighted by molar-refractivity contribution is 5.98. The van der Waals surface area contributed by atoms with E-state index in [4.69, 9.17) is 4.74 Å². The molecule has 0 saturated carbocycles. The molecule has 0 radical (unpaired) electrons. The fourth-order valence-corrected chi connectivity index (χ4v) is 6.78. The van der Waals surface area contributed by atoms with Gasteiger partial charge in [0.25, 0.3) is 5.91 Å². The normalized spacial score (nSPS) is 22.0. The lowest BCUT2D eigenvalue weighted by Crippen LogP contribution is -2.75. The Balaban J connectivity index is 1.35. The molecule has 3 amide bonds. The fourth-order valence-electron chi connectivity index (χ4n) is 6.78. The van der Waals surface area contributed by atoms with Crippen LogP contribution in [-0.4, -0.2) is 106 Å². The van der Waals surface area contributed by atoms with Gasteiger partial charge in [-0.1, -0.05) is 103 Å². The third kappa shape index (κ3) is 7.27. The van der Waals surface area contributed by atoms with Crippen LogP contribution in [0, 0.1) is 0 Å². The zero-order valence-corrected chi connectivity index (χ0v) is 26.8. The lowest BCUT2D eigenvalue weighted by Gasteiger charge is -2.53. The zero-order valence-electron chi connectivity index (χ0n) is 26.8. The molecule has 3 heterocycles. The number of hydrogen-bond donors (Lipinski definition) is 2. The van der Waals surface area contributed by atoms with Crippen LogP contribution in [0.25, 0.3) is 6.08 Å². The van der Waals surface area contributed by atoms with Crippen molar-refractivity contribution in [3.05, 3.63) is 114 Å². The van der Waals surface area contributed by atoms with Gasteiger partial charge in [0.2, 0.25) is 5.91 Å². The number of carboxylic acid groups (broad SMARTS) is 1. The lowest BCUT2D eigenvalue weighted by atomic mass is 9.87. The quantitative estimate of drug-likeness (QED) is 0.269. The smallest absolute Gasteiger partial charge is 0.411 e. The molecule has 4 atom stereocenters. The maximum atomic E-state index is 14.7. The summed E-state index contributed by atoms with van der Waals surface area (Å²) in [5, 5.41) is 16.8. The number of nitrogens with zero attached hydrogens (tertiary/aromatic N) is 4. The molecule has 6 rings (SSSR count). The number of amides is 3. The largest absolute Gasteiger partial charge is 0.481 e. The summed E-state index contributed by atoms with van der Waals surface area (Å²) in [4.78, 5) is 57.2. The summed E-state index contributed by atoms with van der Waals surface area (Å²) >= 11 is 0. The van der Waals surface area contributed by atoms with Crippen molar-refractivity contribution in [2.24, 2.45) is 0 Å². The van der Waals surface area contributed by atoms with Gasteiger partial charge in [-0.2, -0.15) is 0 Å². The predicted octanol–water partition coefficient (Wildman–Crippen LogP) is 3.60. The van der Waals surface area contributed by atoms with E-state index in [1.807, 2.05) is 108 Å². The predicted molar refractivity (Wildman–Crippen MR) is 179 cm³/mol. The molecule has 3 aromatic carbocycles. The number of carbonyl (C=O) groups excluding carboxylic acids is 3. The van der Waals surface area contributed by atoms with Crippen molar-refractivity contribution in [3.8, 4) is 0 Å². The first-order chi connectivity index (χ1) is 23.4. The van der Waals surface area contributed by atoms with Crippen LogP contribution in [0.4, 0.5) is 4.79 Å². The summed E-state index contributed by atoms with van der Waals surface area (Å²) in [6.45, 7) is 3.05. The third-order valence-electron chi connectivity index (χ3n) is 9.23. The molecular weight excluding hydrogens is 610 g/mol. The molecule has 3 unspecified atom stereocenters. The summed E-state index contributed by atoms with van der Waals surface area (Å²) in [6, 6.07) is 25.7. The number of carbonyl (C=O) groups is 4. The first-order valence-electron chi connectivity index (χ1n) is 16.5. The fraction of sp³-hybridized carbons (Fsp3) is 0.351. The standard InChI is InChI=1S/C37H41N5O6/c43-33(44)19-18-31(35(45)40(39-24-21-38-22-25-39)23-20-28-12-6-2-7-13-28)41-30(17-16-27-10-4-1-5-11-27)34(36(41)46)42-32(26-48-37(42)47)29-14-8-3-9-15-29/h1-17,30-32,34,38H,18-26H2,(H,43,44)/t30?,31?,32-,34?/m1/s1. The minimum absolute atomic E-state index is 0.0667. The average Bonchev–Trinajstić information content (AvgIpc) is 3.49. The average molecular weight is 652 g/mol. The van der Waals surface area contributed by atoms with Gasteiger partial charge in [-0.3, -0.25) is 24.3 Å². The zero-order chi connectivity index (χ0) is 33.5. The molecule has 3 saturated heterocycles. The molecule has 48 heavy (non-hydrogen) atoms. The molecule has 3 aliphatic rings. The number of carboxylic acids is 1. The van der Waals surface area contributed by atoms with Gasteiger partial charge in [0.05, 0.1) is 12.1 Å². The Bertz CT molecular complexity index is 1600. The van der Waals surface area contributed by atoms with E-state index < -0.39 is 42.1 Å². The van der Waals surface area contributed by atoms with Crippen LogP contribution in [0.1, 0.15) is 35.6 Å². The van der Waals surface area contributed by atoms with Gasteiger partial charge in [0, 0.05) is 39.1 Å². The van der Waals surface area contributed by atoms with Gasteiger partial charge >= 0.3 is 12.1 Å². The molecule has 0 aliphatic carbocycles. The van der Waals surface area contributed by atoms with Crippen LogP contribution in [0.2, 0.25) is 0 Å². The highest BCUT2D eigenvalue weighted by Crippen LogP contribution is 2.39. The van der Waals surface area contributed by atoms with Crippen molar-refractivity contribution in [3.63, 3.8) is 0 Å². The van der Waals surface area contributed by atoms with E-state index in [9.17, 15) is 24.3 Å². The van der Waals surface area contributed by atoms with E-state index in [2.05, 4.69) is 5.32 Å². The Morgan fingerprint density at radius 2 is 1.58 bits per heavy atom. The topological polar surface area (TPSA) is 123 Å². The number of nitrogens with one attached hydrogen (secondary N) is 1. The number of rotatable bonds is 13. The van der Waals surface area contributed by atoms with E-state index in [-0.39, 0.29) is 25.4 Å². The van der Waals surface area contributed by atoms with Crippen LogP contribution >= 0.6 is 0 Å². The van der Waals surface area contributed by atoms with Gasteiger partial charge in [0.15, 0.2) is 0 Å². The highest BCUT2D eigenvalue weighted by Gasteiger charge is 2.58. The molecule has 3 fully saturated rings. The van der Waals surface area contributed by atoms with Crippen molar-refractivity contribution in [1.82, 2.24) is 25.1 Å². The van der Waals surface area contributed by atoms with Crippen molar-refractivity contribution < 1.29 is 29.0 Å². The summed E-state index contributed by atoms with van der Waals surface area (Å²) in [7, 11) is 0. The number of aliphatic carboxylic acids is 1. The second-order valence-corrected chi connectivity index (χ2v) is 12.2. The Morgan fingerprint density at radius 3 is 2.25 bits per heavy atom. The number of β-lactam (4-membered cyclic amide) rings is 1. The number of benzene rings is 3. The van der Waals surface area contributed by atoms with Gasteiger partial charge in [-0.05, 0) is 29.5 Å². The van der Waals surface area contributed by atoms with Gasteiger partial charge in [0.1, 0.15) is 18.7 Å². The Morgan fingerprint density at radius 1 is 0.938 bits per heavy atom. The first kappa shape index (κ1) is 32.9. The number of hydrazine groups is 1. The van der Waals surface area contributed by atoms with E-state index in [0.29, 0.717) is 39.1 Å². The van der Waals surface area contributed by atoms with Crippen molar-refractivity contribution in [1.29, 1.82) is 0 Å². The van der Waals surface area contributed by atoms with Crippen LogP contribution in [0.15, 0.2) is 97.1 Å².